The summed E-state index contributed by atoms with van der Waals surface area (Å²) < 4.78 is 6.63. The summed E-state index contributed by atoms with van der Waals surface area (Å²) in [5.41, 5.74) is 7.42. The third-order valence-corrected chi connectivity index (χ3v) is 3.32. The molecule has 0 saturated heterocycles. The number of aromatic nitrogens is 2. The van der Waals surface area contributed by atoms with E-state index in [2.05, 4.69) is 5.10 Å². The Hall–Kier alpha value is -1.85. The molecule has 0 radical (unpaired) electrons. The van der Waals surface area contributed by atoms with Crippen LogP contribution in [0.3, 0.4) is 0 Å². The van der Waals surface area contributed by atoms with Crippen molar-refractivity contribution in [3.8, 4) is 0 Å². The van der Waals surface area contributed by atoms with Gasteiger partial charge in [0.2, 0.25) is 0 Å². The van der Waals surface area contributed by atoms with Gasteiger partial charge < -0.3 is 10.5 Å². The summed E-state index contributed by atoms with van der Waals surface area (Å²) >= 11 is 6.03. The van der Waals surface area contributed by atoms with Gasteiger partial charge in [-0.25, -0.2) is 4.79 Å². The minimum atomic E-state index is -0.390. The third kappa shape index (κ3) is 3.62. The van der Waals surface area contributed by atoms with Gasteiger partial charge in [0.25, 0.3) is 0 Å². The van der Waals surface area contributed by atoms with Gasteiger partial charge in [-0.1, -0.05) is 23.7 Å². The first-order valence-electron chi connectivity index (χ1n) is 6.75. The van der Waals surface area contributed by atoms with Crippen molar-refractivity contribution < 1.29 is 9.53 Å². The molecule has 0 fully saturated rings. The number of benzene rings is 1. The van der Waals surface area contributed by atoms with E-state index in [4.69, 9.17) is 22.1 Å². The Morgan fingerprint density at radius 3 is 2.90 bits per heavy atom. The molecule has 2 atom stereocenters. The van der Waals surface area contributed by atoms with E-state index in [0.717, 1.165) is 5.56 Å². The molecule has 21 heavy (non-hydrogen) atoms. The highest BCUT2D eigenvalue weighted by Crippen LogP contribution is 2.23. The van der Waals surface area contributed by atoms with Gasteiger partial charge in [-0.15, -0.1) is 0 Å². The zero-order valence-corrected chi connectivity index (χ0v) is 12.7. The van der Waals surface area contributed by atoms with Crippen LogP contribution in [0.15, 0.2) is 36.7 Å². The molecule has 0 aliphatic carbocycles. The van der Waals surface area contributed by atoms with Gasteiger partial charge in [0.15, 0.2) is 0 Å². The summed E-state index contributed by atoms with van der Waals surface area (Å²) in [5.74, 6) is -0.390. The standard InChI is InChI=1S/C15H18ClN3O2/c1-3-21-15(20)12-8-18-19(9-12)14(10(2)17)11-5-4-6-13(16)7-11/h4-10,14H,3,17H2,1-2H3. The van der Waals surface area contributed by atoms with Gasteiger partial charge in [-0.05, 0) is 31.5 Å². The first kappa shape index (κ1) is 15.5. The molecule has 1 aromatic carbocycles. The van der Waals surface area contributed by atoms with Crippen LogP contribution >= 0.6 is 11.6 Å². The molecule has 2 N–H and O–H groups in total. The first-order valence-corrected chi connectivity index (χ1v) is 7.13. The van der Waals surface area contributed by atoms with Crippen molar-refractivity contribution in [2.45, 2.75) is 25.9 Å². The molecular formula is C15H18ClN3O2. The number of hydrogen-bond donors (Lipinski definition) is 1. The fourth-order valence-electron chi connectivity index (χ4n) is 2.20. The minimum absolute atomic E-state index is 0.196. The van der Waals surface area contributed by atoms with Crippen LogP contribution in [-0.4, -0.2) is 28.4 Å². The lowest BCUT2D eigenvalue weighted by atomic mass is 10.0. The zero-order valence-electron chi connectivity index (χ0n) is 12.0. The number of rotatable bonds is 5. The van der Waals surface area contributed by atoms with E-state index in [1.165, 1.54) is 6.20 Å². The topological polar surface area (TPSA) is 70.1 Å². The molecule has 2 rings (SSSR count). The number of ether oxygens (including phenoxy) is 1. The molecule has 1 aromatic heterocycles. The van der Waals surface area contributed by atoms with Crippen molar-refractivity contribution in [1.82, 2.24) is 9.78 Å². The molecule has 0 aliphatic heterocycles. The van der Waals surface area contributed by atoms with Gasteiger partial charge >= 0.3 is 5.97 Å². The molecule has 2 aromatic rings. The van der Waals surface area contributed by atoms with Crippen LogP contribution in [0.2, 0.25) is 5.02 Å². The Morgan fingerprint density at radius 1 is 1.52 bits per heavy atom. The van der Waals surface area contributed by atoms with E-state index in [-0.39, 0.29) is 12.1 Å². The number of nitrogens with zero attached hydrogens (tertiary/aromatic N) is 2. The molecule has 0 amide bonds. The number of carbonyl (C=O) groups excluding carboxylic acids is 1. The highest BCUT2D eigenvalue weighted by molar-refractivity contribution is 6.30. The predicted octanol–water partition coefficient (Wildman–Crippen LogP) is 2.65. The highest BCUT2D eigenvalue weighted by atomic mass is 35.5. The SMILES string of the molecule is CCOC(=O)c1cnn(C(c2cccc(Cl)c2)C(C)N)c1. The summed E-state index contributed by atoms with van der Waals surface area (Å²) in [6.07, 6.45) is 3.13. The minimum Gasteiger partial charge on any atom is -0.462 e. The van der Waals surface area contributed by atoms with E-state index < -0.39 is 5.97 Å². The zero-order chi connectivity index (χ0) is 15.4. The second kappa shape index (κ2) is 6.74. The summed E-state index contributed by atoms with van der Waals surface area (Å²) in [6, 6.07) is 7.05. The number of esters is 1. The van der Waals surface area contributed by atoms with Crippen LogP contribution in [0.4, 0.5) is 0 Å². The van der Waals surface area contributed by atoms with Crippen LogP contribution in [0.25, 0.3) is 0 Å². The summed E-state index contributed by atoms with van der Waals surface area (Å²) in [4.78, 5) is 11.7. The van der Waals surface area contributed by atoms with Gasteiger partial charge in [0, 0.05) is 17.3 Å². The Morgan fingerprint density at radius 2 is 2.29 bits per heavy atom. The lowest BCUT2D eigenvalue weighted by Crippen LogP contribution is -2.30. The molecule has 0 spiro atoms. The second-order valence-corrected chi connectivity index (χ2v) is 5.22. The number of hydrogen-bond acceptors (Lipinski definition) is 4. The summed E-state index contributed by atoms with van der Waals surface area (Å²) in [5, 5.41) is 4.88. The first-order chi connectivity index (χ1) is 10.0. The van der Waals surface area contributed by atoms with E-state index in [0.29, 0.717) is 17.2 Å². The summed E-state index contributed by atoms with van der Waals surface area (Å²) in [7, 11) is 0. The maximum absolute atomic E-state index is 11.7. The van der Waals surface area contributed by atoms with E-state index in [1.807, 2.05) is 25.1 Å². The van der Waals surface area contributed by atoms with E-state index in [9.17, 15) is 4.79 Å². The molecule has 2 unspecified atom stereocenters. The smallest absolute Gasteiger partial charge is 0.341 e. The van der Waals surface area contributed by atoms with Crippen molar-refractivity contribution in [2.24, 2.45) is 5.73 Å². The Kier molecular flexibility index (Phi) is 4.98. The lowest BCUT2D eigenvalue weighted by Gasteiger charge is -2.22. The molecular weight excluding hydrogens is 290 g/mol. The van der Waals surface area contributed by atoms with Crippen LogP contribution in [0.1, 0.15) is 35.8 Å². The Labute approximate surface area is 128 Å². The van der Waals surface area contributed by atoms with Crippen molar-refractivity contribution in [3.05, 3.63) is 52.8 Å². The average molecular weight is 308 g/mol. The van der Waals surface area contributed by atoms with E-state index in [1.54, 1.807) is 23.9 Å². The van der Waals surface area contributed by atoms with Crippen LogP contribution < -0.4 is 5.73 Å². The van der Waals surface area contributed by atoms with Crippen molar-refractivity contribution in [1.29, 1.82) is 0 Å². The van der Waals surface area contributed by atoms with Crippen molar-refractivity contribution in [2.75, 3.05) is 6.61 Å². The largest absolute Gasteiger partial charge is 0.462 e. The Bertz CT molecular complexity index is 625. The van der Waals surface area contributed by atoms with Gasteiger partial charge in [-0.2, -0.15) is 5.10 Å². The van der Waals surface area contributed by atoms with Crippen LogP contribution in [-0.2, 0) is 4.74 Å². The monoisotopic (exact) mass is 307 g/mol. The fourth-order valence-corrected chi connectivity index (χ4v) is 2.40. The Balaban J connectivity index is 2.33. The van der Waals surface area contributed by atoms with Crippen molar-refractivity contribution >= 4 is 17.6 Å². The van der Waals surface area contributed by atoms with Gasteiger partial charge in [-0.3, -0.25) is 4.68 Å². The van der Waals surface area contributed by atoms with Crippen LogP contribution in [0.5, 0.6) is 0 Å². The number of carbonyl (C=O) groups is 1. The van der Waals surface area contributed by atoms with E-state index >= 15 is 0 Å². The van der Waals surface area contributed by atoms with Gasteiger partial charge in [0.05, 0.1) is 24.4 Å². The molecule has 5 nitrogen and oxygen atoms in total. The molecule has 1 heterocycles. The molecule has 0 aliphatic rings. The summed E-state index contributed by atoms with van der Waals surface area (Å²) in [6.45, 7) is 3.98. The van der Waals surface area contributed by atoms with Gasteiger partial charge in [0.1, 0.15) is 0 Å². The normalized spacial score (nSPS) is 13.7. The predicted molar refractivity (Wildman–Crippen MR) is 81.4 cm³/mol. The molecule has 0 saturated carbocycles. The lowest BCUT2D eigenvalue weighted by molar-refractivity contribution is 0.0526. The molecule has 6 heteroatoms. The maximum Gasteiger partial charge on any atom is 0.341 e. The highest BCUT2D eigenvalue weighted by Gasteiger charge is 2.21. The van der Waals surface area contributed by atoms with Crippen molar-refractivity contribution in [3.63, 3.8) is 0 Å². The van der Waals surface area contributed by atoms with Crippen LogP contribution in [0, 0.1) is 0 Å². The fraction of sp³-hybridized carbons (Fsp3) is 0.333. The molecule has 0 bridgehead atoms. The second-order valence-electron chi connectivity index (χ2n) is 4.79. The average Bonchev–Trinajstić information content (AvgIpc) is 2.88. The quantitative estimate of drug-likeness (QED) is 0.862. The molecule has 112 valence electrons. The number of halogens is 1. The third-order valence-electron chi connectivity index (χ3n) is 3.09. The maximum atomic E-state index is 11.7. The number of nitrogens with two attached hydrogens (primary N) is 1.